The summed E-state index contributed by atoms with van der Waals surface area (Å²) in [7, 11) is 0. The molecule has 28 heavy (non-hydrogen) atoms. The number of carbonyl (C=O) groups excluding carboxylic acids is 1. The second kappa shape index (κ2) is 7.47. The van der Waals surface area contributed by atoms with Gasteiger partial charge in [-0.25, -0.2) is 9.97 Å². The van der Waals surface area contributed by atoms with Crippen molar-refractivity contribution in [1.29, 1.82) is 0 Å². The molecule has 140 valence electrons. The summed E-state index contributed by atoms with van der Waals surface area (Å²) in [6.45, 7) is 4.09. The standard InChI is InChI=1S/C20H17BrN6O/c1-12(2)27-11-22-26-19(27)15-4-3-5-18(24-15)25-20(28)16-9-7-13-6-8-14(21)10-17(13)23-16/h3-12H,1-2H3,(H,24,25,28). The Morgan fingerprint density at radius 2 is 1.93 bits per heavy atom. The number of fused-ring (bicyclic) bond motifs is 1. The number of nitrogens with zero attached hydrogens (tertiary/aromatic N) is 5. The van der Waals surface area contributed by atoms with Crippen molar-refractivity contribution in [1.82, 2.24) is 24.7 Å². The number of pyridine rings is 2. The predicted molar refractivity (Wildman–Crippen MR) is 111 cm³/mol. The zero-order valence-electron chi connectivity index (χ0n) is 15.3. The number of benzene rings is 1. The SMILES string of the molecule is CC(C)n1cnnc1-c1cccc(NC(=O)c2ccc3ccc(Br)cc3n2)n1. The van der Waals surface area contributed by atoms with Crippen molar-refractivity contribution in [2.75, 3.05) is 5.32 Å². The van der Waals surface area contributed by atoms with Gasteiger partial charge in [0.1, 0.15) is 23.5 Å². The van der Waals surface area contributed by atoms with Gasteiger partial charge in [0.25, 0.3) is 5.91 Å². The molecule has 0 fully saturated rings. The van der Waals surface area contributed by atoms with E-state index < -0.39 is 0 Å². The number of nitrogens with one attached hydrogen (secondary N) is 1. The van der Waals surface area contributed by atoms with Crippen LogP contribution in [-0.2, 0) is 0 Å². The molecule has 8 heteroatoms. The number of halogens is 1. The van der Waals surface area contributed by atoms with Crippen LogP contribution in [-0.4, -0.2) is 30.6 Å². The largest absolute Gasteiger partial charge is 0.310 e. The molecule has 0 aliphatic carbocycles. The molecule has 0 saturated heterocycles. The van der Waals surface area contributed by atoms with Gasteiger partial charge in [-0.2, -0.15) is 0 Å². The smallest absolute Gasteiger partial charge is 0.275 e. The zero-order valence-corrected chi connectivity index (χ0v) is 16.9. The Bertz CT molecular complexity index is 1170. The van der Waals surface area contributed by atoms with Gasteiger partial charge in [0.15, 0.2) is 5.82 Å². The summed E-state index contributed by atoms with van der Waals surface area (Å²) in [6, 6.07) is 14.9. The van der Waals surface area contributed by atoms with E-state index in [1.165, 1.54) is 0 Å². The molecule has 1 N–H and O–H groups in total. The topological polar surface area (TPSA) is 85.6 Å². The van der Waals surface area contributed by atoms with Crippen molar-refractivity contribution >= 4 is 38.6 Å². The number of rotatable bonds is 4. The number of hydrogen-bond donors (Lipinski definition) is 1. The molecular formula is C20H17BrN6O. The van der Waals surface area contributed by atoms with Gasteiger partial charge in [-0.05, 0) is 44.2 Å². The van der Waals surface area contributed by atoms with Crippen LogP contribution >= 0.6 is 15.9 Å². The van der Waals surface area contributed by atoms with E-state index in [1.54, 1.807) is 18.5 Å². The van der Waals surface area contributed by atoms with Crippen molar-refractivity contribution in [3.8, 4) is 11.5 Å². The number of aromatic nitrogens is 5. The van der Waals surface area contributed by atoms with Gasteiger partial charge in [-0.3, -0.25) is 4.79 Å². The van der Waals surface area contributed by atoms with Gasteiger partial charge in [0.2, 0.25) is 0 Å². The van der Waals surface area contributed by atoms with Crippen LogP contribution in [0.25, 0.3) is 22.4 Å². The Morgan fingerprint density at radius 3 is 2.75 bits per heavy atom. The first-order valence-corrected chi connectivity index (χ1v) is 9.55. The number of carbonyl (C=O) groups is 1. The third-order valence-electron chi connectivity index (χ3n) is 4.24. The fourth-order valence-corrected chi connectivity index (χ4v) is 3.18. The maximum atomic E-state index is 12.7. The van der Waals surface area contributed by atoms with Crippen LogP contribution in [0.1, 0.15) is 30.4 Å². The summed E-state index contributed by atoms with van der Waals surface area (Å²) in [5.74, 6) is 0.758. The molecule has 0 saturated carbocycles. The average Bonchev–Trinajstić information content (AvgIpc) is 3.18. The highest BCUT2D eigenvalue weighted by Crippen LogP contribution is 2.21. The number of anilines is 1. The lowest BCUT2D eigenvalue weighted by atomic mass is 10.2. The lowest BCUT2D eigenvalue weighted by Crippen LogP contribution is -2.15. The Balaban J connectivity index is 1.61. The molecule has 1 amide bonds. The maximum absolute atomic E-state index is 12.7. The lowest BCUT2D eigenvalue weighted by molar-refractivity contribution is 0.102. The summed E-state index contributed by atoms with van der Waals surface area (Å²) < 4.78 is 2.84. The van der Waals surface area contributed by atoms with Crippen molar-refractivity contribution in [3.05, 3.63) is 65.0 Å². The molecule has 3 aromatic heterocycles. The van der Waals surface area contributed by atoms with Crippen molar-refractivity contribution in [2.45, 2.75) is 19.9 Å². The molecule has 4 aromatic rings. The average molecular weight is 437 g/mol. The Kier molecular flexibility index (Phi) is 4.87. The van der Waals surface area contributed by atoms with Crippen molar-refractivity contribution in [3.63, 3.8) is 0 Å². The minimum Gasteiger partial charge on any atom is -0.310 e. The zero-order chi connectivity index (χ0) is 19.7. The van der Waals surface area contributed by atoms with Gasteiger partial charge in [0, 0.05) is 15.9 Å². The van der Waals surface area contributed by atoms with E-state index in [1.807, 2.05) is 54.8 Å². The van der Waals surface area contributed by atoms with E-state index in [0.717, 1.165) is 15.4 Å². The van der Waals surface area contributed by atoms with E-state index in [9.17, 15) is 4.79 Å². The van der Waals surface area contributed by atoms with Gasteiger partial charge >= 0.3 is 0 Å². The van der Waals surface area contributed by atoms with Crippen molar-refractivity contribution in [2.24, 2.45) is 0 Å². The van der Waals surface area contributed by atoms with E-state index in [-0.39, 0.29) is 11.9 Å². The lowest BCUT2D eigenvalue weighted by Gasteiger charge is -2.10. The van der Waals surface area contributed by atoms with E-state index >= 15 is 0 Å². The molecule has 0 atom stereocenters. The summed E-state index contributed by atoms with van der Waals surface area (Å²) in [6.07, 6.45) is 1.67. The van der Waals surface area contributed by atoms with Crippen LogP contribution in [0.5, 0.6) is 0 Å². The monoisotopic (exact) mass is 436 g/mol. The van der Waals surface area contributed by atoms with E-state index in [0.29, 0.717) is 23.0 Å². The molecule has 0 radical (unpaired) electrons. The van der Waals surface area contributed by atoms with Gasteiger partial charge in [-0.15, -0.1) is 10.2 Å². The molecule has 3 heterocycles. The highest BCUT2D eigenvalue weighted by molar-refractivity contribution is 9.10. The molecule has 0 spiro atoms. The minimum atomic E-state index is -0.322. The fourth-order valence-electron chi connectivity index (χ4n) is 2.83. The number of amides is 1. The number of hydrogen-bond acceptors (Lipinski definition) is 5. The quantitative estimate of drug-likeness (QED) is 0.509. The maximum Gasteiger partial charge on any atom is 0.275 e. The summed E-state index contributed by atoms with van der Waals surface area (Å²) >= 11 is 3.43. The summed E-state index contributed by atoms with van der Waals surface area (Å²) in [4.78, 5) is 21.6. The van der Waals surface area contributed by atoms with Crippen LogP contribution in [0, 0.1) is 0 Å². The minimum absolute atomic E-state index is 0.200. The summed E-state index contributed by atoms with van der Waals surface area (Å²) in [5.41, 5.74) is 1.70. The van der Waals surface area contributed by atoms with Crippen LogP contribution in [0.3, 0.4) is 0 Å². The molecular weight excluding hydrogens is 420 g/mol. The van der Waals surface area contributed by atoms with Crippen LogP contribution < -0.4 is 5.32 Å². The first-order chi connectivity index (χ1) is 13.5. The second-order valence-electron chi connectivity index (χ2n) is 6.55. The Hall–Kier alpha value is -3.13. The molecule has 0 bridgehead atoms. The molecule has 7 nitrogen and oxygen atoms in total. The fraction of sp³-hybridized carbons (Fsp3) is 0.150. The summed E-state index contributed by atoms with van der Waals surface area (Å²) in [5, 5.41) is 11.9. The third kappa shape index (κ3) is 3.63. The molecule has 0 unspecified atom stereocenters. The van der Waals surface area contributed by atoms with Crippen molar-refractivity contribution < 1.29 is 4.79 Å². The highest BCUT2D eigenvalue weighted by atomic mass is 79.9. The molecule has 1 aromatic carbocycles. The second-order valence-corrected chi connectivity index (χ2v) is 7.47. The predicted octanol–water partition coefficient (Wildman–Crippen LogP) is 4.48. The normalized spacial score (nSPS) is 11.1. The van der Waals surface area contributed by atoms with Gasteiger partial charge < -0.3 is 9.88 Å². The highest BCUT2D eigenvalue weighted by Gasteiger charge is 2.14. The first kappa shape index (κ1) is 18.2. The van der Waals surface area contributed by atoms with Crippen LogP contribution in [0.2, 0.25) is 0 Å². The van der Waals surface area contributed by atoms with E-state index in [2.05, 4.69) is 41.4 Å². The third-order valence-corrected chi connectivity index (χ3v) is 4.73. The van der Waals surface area contributed by atoms with Crippen LogP contribution in [0.15, 0.2) is 59.3 Å². The van der Waals surface area contributed by atoms with Crippen LogP contribution in [0.4, 0.5) is 5.82 Å². The Labute approximate surface area is 170 Å². The molecule has 0 aliphatic rings. The van der Waals surface area contributed by atoms with E-state index in [4.69, 9.17) is 0 Å². The van der Waals surface area contributed by atoms with Gasteiger partial charge in [-0.1, -0.05) is 34.1 Å². The molecule has 4 rings (SSSR count). The van der Waals surface area contributed by atoms with Gasteiger partial charge in [0.05, 0.1) is 5.52 Å². The first-order valence-electron chi connectivity index (χ1n) is 8.76. The Morgan fingerprint density at radius 1 is 1.11 bits per heavy atom. The molecule has 0 aliphatic heterocycles.